The van der Waals surface area contributed by atoms with E-state index in [9.17, 15) is 9.18 Å². The molecule has 1 saturated heterocycles. The van der Waals surface area contributed by atoms with Gasteiger partial charge < -0.3 is 10.5 Å². The number of ether oxygens (including phenoxy) is 1. The van der Waals surface area contributed by atoms with E-state index >= 15 is 0 Å². The standard InChI is InChI=1S/C22H26FN3O2S.C3H4/c1-4-16(15-28-6-3)14-26-21(27)20(12-8-10-18(24)5-2)29-22(26)25-19-11-7-9-17(23)13-19;1-3-2/h4-5,7-11,13,15,20H,1,6,12,14,24H2,2-3H3;1H,2H3/b10-8-,16-15+,18-5+,25-22?;. The van der Waals surface area contributed by atoms with E-state index in [1.165, 1.54) is 23.9 Å². The van der Waals surface area contributed by atoms with Crippen LogP contribution in [0.1, 0.15) is 27.2 Å². The summed E-state index contributed by atoms with van der Waals surface area (Å²) in [6.07, 6.45) is 13.8. The molecule has 5 nitrogen and oxygen atoms in total. The molecule has 0 bridgehead atoms. The normalized spacial score (nSPS) is 17.8. The molecule has 2 rings (SSSR count). The van der Waals surface area contributed by atoms with Crippen molar-refractivity contribution in [3.05, 3.63) is 78.5 Å². The molecule has 170 valence electrons. The maximum Gasteiger partial charge on any atom is 0.242 e. The van der Waals surface area contributed by atoms with E-state index in [0.717, 1.165) is 5.57 Å². The quantitative estimate of drug-likeness (QED) is 0.311. The maximum absolute atomic E-state index is 13.5. The number of amides is 1. The summed E-state index contributed by atoms with van der Waals surface area (Å²) in [5.41, 5.74) is 7.62. The number of amidine groups is 1. The lowest BCUT2D eigenvalue weighted by Crippen LogP contribution is -2.33. The van der Waals surface area contributed by atoms with Crippen molar-refractivity contribution in [2.24, 2.45) is 10.7 Å². The van der Waals surface area contributed by atoms with Gasteiger partial charge >= 0.3 is 0 Å². The van der Waals surface area contributed by atoms with Crippen molar-refractivity contribution < 1.29 is 13.9 Å². The van der Waals surface area contributed by atoms with Crippen molar-refractivity contribution in [3.8, 4) is 12.3 Å². The molecule has 0 spiro atoms. The number of thioether (sulfide) groups is 1. The second-order valence-corrected chi connectivity index (χ2v) is 7.64. The van der Waals surface area contributed by atoms with Gasteiger partial charge in [-0.3, -0.25) is 9.69 Å². The minimum Gasteiger partial charge on any atom is -0.501 e. The lowest BCUT2D eigenvalue weighted by atomic mass is 10.2. The topological polar surface area (TPSA) is 67.9 Å². The van der Waals surface area contributed by atoms with Crippen molar-refractivity contribution >= 4 is 28.5 Å². The Labute approximate surface area is 194 Å². The van der Waals surface area contributed by atoms with Gasteiger partial charge in [0.1, 0.15) is 5.82 Å². The highest BCUT2D eigenvalue weighted by molar-refractivity contribution is 8.15. The summed E-state index contributed by atoms with van der Waals surface area (Å²) in [6, 6.07) is 5.98. The second kappa shape index (κ2) is 14.7. The Hall–Kier alpha value is -3.24. The molecule has 0 aliphatic carbocycles. The molecule has 1 aromatic rings. The summed E-state index contributed by atoms with van der Waals surface area (Å²) < 4.78 is 18.9. The first-order valence-corrected chi connectivity index (χ1v) is 11.0. The van der Waals surface area contributed by atoms with Gasteiger partial charge in [0.05, 0.1) is 30.4 Å². The zero-order valence-electron chi connectivity index (χ0n) is 18.8. The Morgan fingerprint density at radius 1 is 1.50 bits per heavy atom. The molecular formula is C25H30FN3O2S. The molecule has 1 unspecified atom stereocenters. The lowest BCUT2D eigenvalue weighted by Gasteiger charge is -2.17. The molecule has 0 radical (unpaired) electrons. The number of hydrogen-bond acceptors (Lipinski definition) is 5. The summed E-state index contributed by atoms with van der Waals surface area (Å²) in [5.74, 6) is 1.80. The van der Waals surface area contributed by atoms with E-state index in [1.807, 2.05) is 19.9 Å². The third-order valence-electron chi connectivity index (χ3n) is 4.05. The van der Waals surface area contributed by atoms with Crippen LogP contribution < -0.4 is 5.73 Å². The van der Waals surface area contributed by atoms with E-state index in [2.05, 4.69) is 23.9 Å². The second-order valence-electron chi connectivity index (χ2n) is 6.47. The van der Waals surface area contributed by atoms with Crippen LogP contribution in [0.5, 0.6) is 0 Å². The molecule has 1 aliphatic rings. The van der Waals surface area contributed by atoms with Crippen molar-refractivity contribution in [3.63, 3.8) is 0 Å². The van der Waals surface area contributed by atoms with Crippen LogP contribution in [0.3, 0.4) is 0 Å². The van der Waals surface area contributed by atoms with Crippen molar-refractivity contribution in [2.75, 3.05) is 13.2 Å². The number of carbonyl (C=O) groups is 1. The number of terminal acetylenes is 1. The lowest BCUT2D eigenvalue weighted by molar-refractivity contribution is -0.125. The third kappa shape index (κ3) is 8.86. The summed E-state index contributed by atoms with van der Waals surface area (Å²) in [7, 11) is 0. The zero-order chi connectivity index (χ0) is 23.9. The van der Waals surface area contributed by atoms with Gasteiger partial charge in [0.15, 0.2) is 5.17 Å². The summed E-state index contributed by atoms with van der Waals surface area (Å²) in [6.45, 7) is 9.96. The van der Waals surface area contributed by atoms with Gasteiger partial charge in [0.25, 0.3) is 0 Å². The molecule has 1 heterocycles. The molecule has 2 N–H and O–H groups in total. The molecule has 1 aromatic carbocycles. The summed E-state index contributed by atoms with van der Waals surface area (Å²) in [5, 5.41) is 0.184. The predicted molar refractivity (Wildman–Crippen MR) is 133 cm³/mol. The Balaban J connectivity index is 0.00000161. The van der Waals surface area contributed by atoms with Crippen LogP contribution in [-0.2, 0) is 9.53 Å². The van der Waals surface area contributed by atoms with Crippen LogP contribution >= 0.6 is 11.8 Å². The number of halogens is 1. The fourth-order valence-electron chi connectivity index (χ4n) is 2.49. The average molecular weight is 456 g/mol. The van der Waals surface area contributed by atoms with Gasteiger partial charge in [-0.15, -0.1) is 12.3 Å². The van der Waals surface area contributed by atoms with Crippen molar-refractivity contribution in [1.82, 2.24) is 4.90 Å². The first-order valence-electron chi connectivity index (χ1n) is 10.1. The SMILES string of the molecule is C#CC.C=C/C(=C\OCC)CN1C(=O)C(C/C=C\C(N)=C/C)SC1=Nc1cccc(F)c1. The van der Waals surface area contributed by atoms with E-state index in [1.54, 1.807) is 48.4 Å². The van der Waals surface area contributed by atoms with Crippen LogP contribution in [0.25, 0.3) is 0 Å². The molecule has 32 heavy (non-hydrogen) atoms. The van der Waals surface area contributed by atoms with E-state index in [4.69, 9.17) is 10.5 Å². The Bertz CT molecular complexity index is 945. The monoisotopic (exact) mass is 455 g/mol. The highest BCUT2D eigenvalue weighted by Gasteiger charge is 2.37. The van der Waals surface area contributed by atoms with Gasteiger partial charge in [-0.25, -0.2) is 9.38 Å². The molecule has 0 saturated carbocycles. The number of hydrogen-bond donors (Lipinski definition) is 1. The third-order valence-corrected chi connectivity index (χ3v) is 5.25. The van der Waals surface area contributed by atoms with Gasteiger partial charge in [0.2, 0.25) is 5.91 Å². The average Bonchev–Trinajstić information content (AvgIpc) is 3.05. The number of rotatable bonds is 9. The highest BCUT2D eigenvalue weighted by atomic mass is 32.2. The molecule has 1 fully saturated rings. The van der Waals surface area contributed by atoms with E-state index in [-0.39, 0.29) is 23.5 Å². The summed E-state index contributed by atoms with van der Waals surface area (Å²) in [4.78, 5) is 19.1. The number of nitrogens with zero attached hydrogens (tertiary/aromatic N) is 2. The highest BCUT2D eigenvalue weighted by Crippen LogP contribution is 2.32. The minimum absolute atomic E-state index is 0.0712. The number of benzene rings is 1. The maximum atomic E-state index is 13.5. The fourth-order valence-corrected chi connectivity index (χ4v) is 3.62. The molecule has 7 heteroatoms. The fraction of sp³-hybridized carbons (Fsp3) is 0.280. The Morgan fingerprint density at radius 3 is 2.81 bits per heavy atom. The first kappa shape index (κ1) is 26.8. The van der Waals surface area contributed by atoms with Gasteiger partial charge in [-0.1, -0.05) is 42.6 Å². The molecular weight excluding hydrogens is 425 g/mol. The van der Waals surface area contributed by atoms with Crippen LogP contribution in [0.4, 0.5) is 10.1 Å². The zero-order valence-corrected chi connectivity index (χ0v) is 19.6. The Morgan fingerprint density at radius 2 is 2.22 bits per heavy atom. The number of nitrogens with two attached hydrogens (primary N) is 1. The minimum atomic E-state index is -0.378. The Kier molecular flexibility index (Phi) is 12.3. The molecule has 1 atom stereocenters. The molecule has 1 amide bonds. The van der Waals surface area contributed by atoms with Crippen molar-refractivity contribution in [1.29, 1.82) is 0 Å². The van der Waals surface area contributed by atoms with Crippen LogP contribution in [0, 0.1) is 18.2 Å². The smallest absolute Gasteiger partial charge is 0.242 e. The van der Waals surface area contributed by atoms with Crippen LogP contribution in [-0.4, -0.2) is 34.4 Å². The molecule has 0 aromatic heterocycles. The summed E-state index contributed by atoms with van der Waals surface area (Å²) >= 11 is 1.35. The predicted octanol–water partition coefficient (Wildman–Crippen LogP) is 5.31. The molecule has 1 aliphatic heterocycles. The van der Waals surface area contributed by atoms with E-state index < -0.39 is 0 Å². The van der Waals surface area contributed by atoms with Gasteiger partial charge in [0, 0.05) is 11.3 Å². The largest absolute Gasteiger partial charge is 0.501 e. The number of allylic oxidation sites excluding steroid dienone is 3. The first-order chi connectivity index (χ1) is 15.4. The number of aliphatic imine (C=N–C) groups is 1. The van der Waals surface area contributed by atoms with Gasteiger partial charge in [-0.2, -0.15) is 0 Å². The van der Waals surface area contributed by atoms with Gasteiger partial charge in [-0.05, 0) is 51.5 Å². The van der Waals surface area contributed by atoms with Crippen LogP contribution in [0.2, 0.25) is 0 Å². The van der Waals surface area contributed by atoms with E-state index in [0.29, 0.717) is 29.6 Å². The number of carbonyl (C=O) groups excluding carboxylic acids is 1. The van der Waals surface area contributed by atoms with Crippen molar-refractivity contribution in [2.45, 2.75) is 32.4 Å². The van der Waals surface area contributed by atoms with Crippen LogP contribution in [0.15, 0.2) is 77.7 Å².